The summed E-state index contributed by atoms with van der Waals surface area (Å²) in [6.07, 6.45) is 1.71. The molecule has 0 heterocycles. The second kappa shape index (κ2) is 8.86. The van der Waals surface area contributed by atoms with E-state index >= 15 is 0 Å². The zero-order chi connectivity index (χ0) is 14.1. The second-order valence-corrected chi connectivity index (χ2v) is 5.16. The third-order valence-electron chi connectivity index (χ3n) is 2.76. The lowest BCUT2D eigenvalue weighted by molar-refractivity contribution is 0.0151. The van der Waals surface area contributed by atoms with Crippen molar-refractivity contribution in [3.05, 3.63) is 47.5 Å². The van der Waals surface area contributed by atoms with Crippen LogP contribution in [0.2, 0.25) is 0 Å². The van der Waals surface area contributed by atoms with Crippen molar-refractivity contribution in [1.82, 2.24) is 4.90 Å². The molecule has 1 atom stereocenters. The number of likely N-dealkylation sites (N-methyl/N-ethyl adjacent to an activating group) is 1. The second-order valence-electron chi connectivity index (χ2n) is 5.16. The first-order valence-corrected chi connectivity index (χ1v) is 6.69. The van der Waals surface area contributed by atoms with E-state index in [4.69, 9.17) is 4.74 Å². The Labute approximate surface area is 116 Å². The molecule has 19 heavy (non-hydrogen) atoms. The molecule has 1 rings (SSSR count). The quantitative estimate of drug-likeness (QED) is 0.731. The Hall–Kier alpha value is -1.16. The van der Waals surface area contributed by atoms with Crippen LogP contribution in [0.25, 0.3) is 0 Å². The zero-order valence-electron chi connectivity index (χ0n) is 12.2. The molecule has 106 valence electrons. The Morgan fingerprint density at radius 1 is 1.32 bits per heavy atom. The standard InChI is InChI=1S/C16H25NO2/c1-14(2)9-10-17(3)11-16(18)13-19-12-15-7-5-4-6-8-15/h4-9,16,18H,10-13H2,1-3H3/t16-/m0/s1. The van der Waals surface area contributed by atoms with E-state index in [9.17, 15) is 5.11 Å². The molecule has 0 spiro atoms. The van der Waals surface area contributed by atoms with Gasteiger partial charge >= 0.3 is 0 Å². The number of benzene rings is 1. The normalized spacial score (nSPS) is 12.5. The predicted octanol–water partition coefficient (Wildman–Crippen LogP) is 2.46. The summed E-state index contributed by atoms with van der Waals surface area (Å²) >= 11 is 0. The Balaban J connectivity index is 2.17. The fourth-order valence-electron chi connectivity index (χ4n) is 1.71. The molecule has 0 aromatic heterocycles. The Morgan fingerprint density at radius 3 is 2.63 bits per heavy atom. The van der Waals surface area contributed by atoms with Gasteiger partial charge in [0.1, 0.15) is 0 Å². The van der Waals surface area contributed by atoms with Gasteiger partial charge in [0.15, 0.2) is 0 Å². The minimum Gasteiger partial charge on any atom is -0.389 e. The minimum absolute atomic E-state index is 0.369. The molecule has 0 saturated heterocycles. The maximum atomic E-state index is 9.88. The molecule has 0 bridgehead atoms. The van der Waals surface area contributed by atoms with E-state index in [0.717, 1.165) is 12.1 Å². The fraction of sp³-hybridized carbons (Fsp3) is 0.500. The van der Waals surface area contributed by atoms with Gasteiger partial charge in [-0.2, -0.15) is 0 Å². The molecule has 0 aliphatic carbocycles. The van der Waals surface area contributed by atoms with Gasteiger partial charge < -0.3 is 14.7 Å². The van der Waals surface area contributed by atoms with Crippen LogP contribution < -0.4 is 0 Å². The molecular weight excluding hydrogens is 238 g/mol. The van der Waals surface area contributed by atoms with Gasteiger partial charge in [-0.1, -0.05) is 42.0 Å². The highest BCUT2D eigenvalue weighted by Crippen LogP contribution is 2.01. The van der Waals surface area contributed by atoms with E-state index in [-0.39, 0.29) is 0 Å². The van der Waals surface area contributed by atoms with E-state index in [1.807, 2.05) is 37.4 Å². The molecular formula is C16H25NO2. The van der Waals surface area contributed by atoms with Crippen LogP contribution in [-0.4, -0.2) is 42.9 Å². The average Bonchev–Trinajstić information content (AvgIpc) is 2.37. The summed E-state index contributed by atoms with van der Waals surface area (Å²) in [5.74, 6) is 0. The van der Waals surface area contributed by atoms with Crippen LogP contribution in [0.15, 0.2) is 42.0 Å². The van der Waals surface area contributed by atoms with Crippen molar-refractivity contribution < 1.29 is 9.84 Å². The predicted molar refractivity (Wildman–Crippen MR) is 79.0 cm³/mol. The summed E-state index contributed by atoms with van der Waals surface area (Å²) in [6, 6.07) is 10.0. The van der Waals surface area contributed by atoms with Crippen molar-refractivity contribution in [2.45, 2.75) is 26.6 Å². The summed E-state index contributed by atoms with van der Waals surface area (Å²) in [6.45, 7) is 6.56. The average molecular weight is 263 g/mol. The highest BCUT2D eigenvalue weighted by atomic mass is 16.5. The van der Waals surface area contributed by atoms with Crippen molar-refractivity contribution in [2.24, 2.45) is 0 Å². The van der Waals surface area contributed by atoms with Crippen LogP contribution >= 0.6 is 0 Å². The first kappa shape index (κ1) is 15.9. The highest BCUT2D eigenvalue weighted by Gasteiger charge is 2.07. The van der Waals surface area contributed by atoms with Crippen LogP contribution in [0.5, 0.6) is 0 Å². The monoisotopic (exact) mass is 263 g/mol. The molecule has 0 amide bonds. The Kier molecular flexibility index (Phi) is 7.41. The van der Waals surface area contributed by atoms with Gasteiger partial charge in [0.25, 0.3) is 0 Å². The van der Waals surface area contributed by atoms with Crippen LogP contribution in [0, 0.1) is 0 Å². The van der Waals surface area contributed by atoms with Crippen LogP contribution in [-0.2, 0) is 11.3 Å². The summed E-state index contributed by atoms with van der Waals surface area (Å²) in [5, 5.41) is 9.88. The van der Waals surface area contributed by atoms with Crippen LogP contribution in [0.1, 0.15) is 19.4 Å². The number of hydrogen-bond acceptors (Lipinski definition) is 3. The van der Waals surface area contributed by atoms with E-state index in [2.05, 4.69) is 24.8 Å². The summed E-state index contributed by atoms with van der Waals surface area (Å²) in [4.78, 5) is 2.09. The van der Waals surface area contributed by atoms with Crippen molar-refractivity contribution in [2.75, 3.05) is 26.7 Å². The molecule has 0 unspecified atom stereocenters. The fourth-order valence-corrected chi connectivity index (χ4v) is 1.71. The van der Waals surface area contributed by atoms with Gasteiger partial charge in [0.2, 0.25) is 0 Å². The maximum absolute atomic E-state index is 9.88. The Bertz CT molecular complexity index is 372. The summed E-state index contributed by atoms with van der Waals surface area (Å²) < 4.78 is 5.52. The van der Waals surface area contributed by atoms with E-state index in [1.165, 1.54) is 5.57 Å². The van der Waals surface area contributed by atoms with Gasteiger partial charge in [0, 0.05) is 13.1 Å². The summed E-state index contributed by atoms with van der Waals surface area (Å²) in [5.41, 5.74) is 2.43. The molecule has 0 aliphatic heterocycles. The van der Waals surface area contributed by atoms with Crippen molar-refractivity contribution in [1.29, 1.82) is 0 Å². The molecule has 0 fully saturated rings. The molecule has 3 nitrogen and oxygen atoms in total. The van der Waals surface area contributed by atoms with E-state index < -0.39 is 6.10 Å². The van der Waals surface area contributed by atoms with Gasteiger partial charge in [0.05, 0.1) is 19.3 Å². The van der Waals surface area contributed by atoms with E-state index in [1.54, 1.807) is 0 Å². The third kappa shape index (κ3) is 7.78. The van der Waals surface area contributed by atoms with Crippen molar-refractivity contribution in [3.8, 4) is 0 Å². The Morgan fingerprint density at radius 2 is 2.00 bits per heavy atom. The smallest absolute Gasteiger partial charge is 0.0900 e. The zero-order valence-corrected chi connectivity index (χ0v) is 12.2. The van der Waals surface area contributed by atoms with E-state index in [0.29, 0.717) is 19.8 Å². The topological polar surface area (TPSA) is 32.7 Å². The molecule has 1 aromatic rings. The van der Waals surface area contributed by atoms with Gasteiger partial charge in [-0.3, -0.25) is 0 Å². The highest BCUT2D eigenvalue weighted by molar-refractivity contribution is 5.13. The maximum Gasteiger partial charge on any atom is 0.0900 e. The van der Waals surface area contributed by atoms with Gasteiger partial charge in [-0.25, -0.2) is 0 Å². The van der Waals surface area contributed by atoms with Crippen LogP contribution in [0.3, 0.4) is 0 Å². The molecule has 0 radical (unpaired) electrons. The van der Waals surface area contributed by atoms with Crippen molar-refractivity contribution in [3.63, 3.8) is 0 Å². The lowest BCUT2D eigenvalue weighted by atomic mass is 10.2. The number of nitrogens with zero attached hydrogens (tertiary/aromatic N) is 1. The third-order valence-corrected chi connectivity index (χ3v) is 2.76. The molecule has 0 saturated carbocycles. The van der Waals surface area contributed by atoms with Crippen molar-refractivity contribution >= 4 is 0 Å². The number of ether oxygens (including phenoxy) is 1. The number of aliphatic hydroxyl groups excluding tert-OH is 1. The SMILES string of the molecule is CC(C)=CCN(C)C[C@H](O)COCc1ccccc1. The van der Waals surface area contributed by atoms with Gasteiger partial charge in [-0.15, -0.1) is 0 Å². The molecule has 3 heteroatoms. The number of rotatable bonds is 8. The first-order valence-electron chi connectivity index (χ1n) is 6.69. The first-order chi connectivity index (χ1) is 9.08. The number of aliphatic hydroxyl groups is 1. The minimum atomic E-state index is -0.445. The lowest BCUT2D eigenvalue weighted by Crippen LogP contribution is -2.32. The number of allylic oxidation sites excluding steroid dienone is 1. The largest absolute Gasteiger partial charge is 0.389 e. The number of hydrogen-bond donors (Lipinski definition) is 1. The van der Waals surface area contributed by atoms with Gasteiger partial charge in [-0.05, 0) is 26.5 Å². The molecule has 1 aromatic carbocycles. The molecule has 0 aliphatic rings. The lowest BCUT2D eigenvalue weighted by Gasteiger charge is -2.19. The van der Waals surface area contributed by atoms with Crippen LogP contribution in [0.4, 0.5) is 0 Å². The summed E-state index contributed by atoms with van der Waals surface area (Å²) in [7, 11) is 2.00. The molecule has 1 N–H and O–H groups in total.